The van der Waals surface area contributed by atoms with Crippen LogP contribution in [0.1, 0.15) is 37.8 Å². The van der Waals surface area contributed by atoms with Gasteiger partial charge in [0.05, 0.1) is 31.1 Å². The van der Waals surface area contributed by atoms with E-state index in [0.29, 0.717) is 6.54 Å². The van der Waals surface area contributed by atoms with E-state index in [2.05, 4.69) is 37.8 Å². The molecule has 162 valence electrons. The van der Waals surface area contributed by atoms with Gasteiger partial charge >= 0.3 is 0 Å². The van der Waals surface area contributed by atoms with Crippen LogP contribution in [0, 0.1) is 0 Å². The number of para-hydroxylation sites is 1. The first-order chi connectivity index (χ1) is 14.8. The molecule has 0 radical (unpaired) electrons. The molecular weight excluding hydrogens is 376 g/mol. The van der Waals surface area contributed by atoms with Gasteiger partial charge in [0.2, 0.25) is 0 Å². The van der Waals surface area contributed by atoms with Gasteiger partial charge in [0.25, 0.3) is 0 Å². The van der Waals surface area contributed by atoms with Gasteiger partial charge < -0.3 is 15.4 Å². The number of rotatable bonds is 6. The number of hydrogen-bond donors (Lipinski definition) is 2. The average Bonchev–Trinajstić information content (AvgIpc) is 3.30. The van der Waals surface area contributed by atoms with Crippen molar-refractivity contribution in [3.05, 3.63) is 48.3 Å². The second-order valence-corrected chi connectivity index (χ2v) is 8.25. The van der Waals surface area contributed by atoms with Gasteiger partial charge in [-0.15, -0.1) is 0 Å². The van der Waals surface area contributed by atoms with Crippen LogP contribution in [-0.4, -0.2) is 66.1 Å². The first-order valence-electron chi connectivity index (χ1n) is 11.2. The van der Waals surface area contributed by atoms with Crippen molar-refractivity contribution < 1.29 is 4.74 Å². The minimum Gasteiger partial charge on any atom is -0.379 e. The van der Waals surface area contributed by atoms with Gasteiger partial charge in [-0.05, 0) is 31.0 Å². The van der Waals surface area contributed by atoms with E-state index in [1.165, 1.54) is 32.1 Å². The van der Waals surface area contributed by atoms with Crippen molar-refractivity contribution >= 4 is 5.96 Å². The van der Waals surface area contributed by atoms with Crippen LogP contribution in [0.2, 0.25) is 0 Å². The lowest BCUT2D eigenvalue weighted by molar-refractivity contribution is -0.0352. The number of nitrogens with one attached hydrogen (secondary N) is 2. The molecule has 1 aromatic heterocycles. The molecule has 0 spiro atoms. The molecule has 1 aliphatic heterocycles. The molecule has 2 aliphatic rings. The van der Waals surface area contributed by atoms with Gasteiger partial charge in [0, 0.05) is 38.4 Å². The molecule has 1 saturated heterocycles. The molecule has 7 heteroatoms. The first-order valence-corrected chi connectivity index (χ1v) is 11.2. The van der Waals surface area contributed by atoms with Crippen molar-refractivity contribution in [1.29, 1.82) is 0 Å². The third kappa shape index (κ3) is 5.02. The minimum atomic E-state index is 0.217. The van der Waals surface area contributed by atoms with E-state index in [-0.39, 0.29) is 5.54 Å². The van der Waals surface area contributed by atoms with Gasteiger partial charge in [0.1, 0.15) is 0 Å². The lowest BCUT2D eigenvalue weighted by Crippen LogP contribution is -2.60. The number of hydrogen-bond acceptors (Lipinski definition) is 4. The third-order valence-corrected chi connectivity index (χ3v) is 6.38. The maximum absolute atomic E-state index is 5.60. The van der Waals surface area contributed by atoms with Crippen LogP contribution in [0.5, 0.6) is 0 Å². The number of benzene rings is 1. The summed E-state index contributed by atoms with van der Waals surface area (Å²) in [7, 11) is 1.83. The molecule has 0 atom stereocenters. The molecule has 30 heavy (non-hydrogen) atoms. The number of nitrogens with zero attached hydrogens (tertiary/aromatic N) is 4. The SMILES string of the molecule is CN=C(NCc1ccn(-c2ccccc2)n1)NCC1(N2CCOCC2)CCCCC1. The molecule has 1 saturated carbocycles. The Morgan fingerprint density at radius 3 is 2.57 bits per heavy atom. The fourth-order valence-corrected chi connectivity index (χ4v) is 4.68. The van der Waals surface area contributed by atoms with E-state index < -0.39 is 0 Å². The maximum atomic E-state index is 5.60. The summed E-state index contributed by atoms with van der Waals surface area (Å²) in [5.41, 5.74) is 2.27. The van der Waals surface area contributed by atoms with Crippen molar-refractivity contribution in [1.82, 2.24) is 25.3 Å². The molecule has 7 nitrogen and oxygen atoms in total. The highest BCUT2D eigenvalue weighted by Gasteiger charge is 2.38. The van der Waals surface area contributed by atoms with E-state index in [9.17, 15) is 0 Å². The fraction of sp³-hybridized carbons (Fsp3) is 0.565. The molecule has 0 bridgehead atoms. The smallest absolute Gasteiger partial charge is 0.191 e. The van der Waals surface area contributed by atoms with Crippen LogP contribution >= 0.6 is 0 Å². The average molecular weight is 411 g/mol. The van der Waals surface area contributed by atoms with Crippen LogP contribution < -0.4 is 10.6 Å². The summed E-state index contributed by atoms with van der Waals surface area (Å²) in [5, 5.41) is 11.7. The molecule has 4 rings (SSSR count). The summed E-state index contributed by atoms with van der Waals surface area (Å²) < 4.78 is 7.50. The lowest BCUT2D eigenvalue weighted by atomic mass is 9.80. The Labute approximate surface area is 179 Å². The highest BCUT2D eigenvalue weighted by atomic mass is 16.5. The second-order valence-electron chi connectivity index (χ2n) is 8.25. The van der Waals surface area contributed by atoms with Crippen molar-refractivity contribution in [2.45, 2.75) is 44.2 Å². The van der Waals surface area contributed by atoms with E-state index in [1.807, 2.05) is 42.2 Å². The number of guanidine groups is 1. The van der Waals surface area contributed by atoms with Crippen molar-refractivity contribution in [3.63, 3.8) is 0 Å². The summed E-state index contributed by atoms with van der Waals surface area (Å²) in [5.74, 6) is 0.836. The predicted molar refractivity (Wildman–Crippen MR) is 120 cm³/mol. The van der Waals surface area contributed by atoms with E-state index in [0.717, 1.165) is 50.2 Å². The Balaban J connectivity index is 1.33. The summed E-state index contributed by atoms with van der Waals surface area (Å²) in [6, 6.07) is 12.2. The summed E-state index contributed by atoms with van der Waals surface area (Å²) in [4.78, 5) is 7.10. The third-order valence-electron chi connectivity index (χ3n) is 6.38. The number of aliphatic imine (C=N–C) groups is 1. The van der Waals surface area contributed by atoms with Gasteiger partial charge in [-0.2, -0.15) is 5.10 Å². The zero-order valence-electron chi connectivity index (χ0n) is 18.0. The summed E-state index contributed by atoms with van der Waals surface area (Å²) >= 11 is 0. The largest absolute Gasteiger partial charge is 0.379 e. The first kappa shape index (κ1) is 20.9. The standard InChI is InChI=1S/C23H34N6O/c1-24-22(25-18-20-10-13-29(27-20)21-8-4-2-5-9-21)26-19-23(11-6-3-7-12-23)28-14-16-30-17-15-28/h2,4-5,8-10,13H,3,6-7,11-12,14-19H2,1H3,(H2,24,25,26). The Morgan fingerprint density at radius 2 is 1.83 bits per heavy atom. The molecule has 2 fully saturated rings. The second kappa shape index (κ2) is 10.1. The number of morpholine rings is 1. The highest BCUT2D eigenvalue weighted by molar-refractivity contribution is 5.79. The van der Waals surface area contributed by atoms with Gasteiger partial charge in [-0.3, -0.25) is 9.89 Å². The lowest BCUT2D eigenvalue weighted by Gasteiger charge is -2.48. The number of ether oxygens (including phenoxy) is 1. The summed E-state index contributed by atoms with van der Waals surface area (Å²) in [6.07, 6.45) is 8.46. The normalized spacial score (nSPS) is 20.1. The molecule has 0 unspecified atom stereocenters. The Bertz CT molecular complexity index is 806. The van der Waals surface area contributed by atoms with Gasteiger partial charge in [0.15, 0.2) is 5.96 Å². The topological polar surface area (TPSA) is 66.7 Å². The Hall–Kier alpha value is -2.38. The van der Waals surface area contributed by atoms with Gasteiger partial charge in [-0.1, -0.05) is 37.5 Å². The van der Waals surface area contributed by atoms with Gasteiger partial charge in [-0.25, -0.2) is 4.68 Å². The van der Waals surface area contributed by atoms with E-state index in [1.54, 1.807) is 0 Å². The Kier molecular flexibility index (Phi) is 7.02. The molecule has 1 aliphatic carbocycles. The van der Waals surface area contributed by atoms with Crippen molar-refractivity contribution in [2.24, 2.45) is 4.99 Å². The molecule has 0 amide bonds. The van der Waals surface area contributed by atoms with Crippen LogP contribution in [0.25, 0.3) is 5.69 Å². The molecule has 2 heterocycles. The monoisotopic (exact) mass is 410 g/mol. The van der Waals surface area contributed by atoms with E-state index in [4.69, 9.17) is 4.74 Å². The van der Waals surface area contributed by atoms with Crippen LogP contribution in [-0.2, 0) is 11.3 Å². The fourth-order valence-electron chi connectivity index (χ4n) is 4.68. The number of aromatic nitrogens is 2. The van der Waals surface area contributed by atoms with Crippen molar-refractivity contribution in [3.8, 4) is 5.69 Å². The predicted octanol–water partition coefficient (Wildman–Crippen LogP) is 2.57. The molecule has 1 aromatic carbocycles. The van der Waals surface area contributed by atoms with E-state index >= 15 is 0 Å². The molecular formula is C23H34N6O. The quantitative estimate of drug-likeness (QED) is 0.566. The van der Waals surface area contributed by atoms with Crippen LogP contribution in [0.15, 0.2) is 47.6 Å². The highest BCUT2D eigenvalue weighted by Crippen LogP contribution is 2.33. The van der Waals surface area contributed by atoms with Crippen molar-refractivity contribution in [2.75, 3.05) is 39.9 Å². The van der Waals surface area contributed by atoms with Crippen LogP contribution in [0.4, 0.5) is 0 Å². The minimum absolute atomic E-state index is 0.217. The van der Waals surface area contributed by atoms with Crippen LogP contribution in [0.3, 0.4) is 0 Å². The molecule has 2 aromatic rings. The zero-order valence-corrected chi connectivity index (χ0v) is 18.0. The maximum Gasteiger partial charge on any atom is 0.191 e. The summed E-state index contributed by atoms with van der Waals surface area (Å²) in [6.45, 7) is 5.32. The zero-order chi connectivity index (χ0) is 20.7. The Morgan fingerprint density at radius 1 is 1.07 bits per heavy atom. The molecule has 2 N–H and O–H groups in total.